The molecule has 0 aliphatic heterocycles. The summed E-state index contributed by atoms with van der Waals surface area (Å²) in [5.74, 6) is -1.06. The summed E-state index contributed by atoms with van der Waals surface area (Å²) in [4.78, 5) is 14.1. The number of hydrogen-bond acceptors (Lipinski definition) is 3. The first kappa shape index (κ1) is 11.4. The standard InChI is InChI=1S/C14H11N3O2/c1-8-6-12(16-17-13(8)14(18)19)10-7-15-11-5-3-2-4-9(10)11/h2-7,15H,1H3,(H,18,19). The third-order valence-corrected chi connectivity index (χ3v) is 3.05. The number of nitrogens with one attached hydrogen (secondary N) is 1. The van der Waals surface area contributed by atoms with Crippen LogP contribution in [-0.4, -0.2) is 26.3 Å². The summed E-state index contributed by atoms with van der Waals surface area (Å²) >= 11 is 0. The van der Waals surface area contributed by atoms with Gasteiger partial charge in [0.25, 0.3) is 0 Å². The zero-order valence-corrected chi connectivity index (χ0v) is 10.2. The van der Waals surface area contributed by atoms with Crippen molar-refractivity contribution in [3.05, 3.63) is 47.8 Å². The Morgan fingerprint density at radius 3 is 2.79 bits per heavy atom. The van der Waals surface area contributed by atoms with E-state index >= 15 is 0 Å². The highest BCUT2D eigenvalue weighted by molar-refractivity contribution is 5.95. The van der Waals surface area contributed by atoms with Crippen LogP contribution in [0.25, 0.3) is 22.2 Å². The van der Waals surface area contributed by atoms with E-state index in [-0.39, 0.29) is 5.69 Å². The van der Waals surface area contributed by atoms with Crippen LogP contribution in [0.2, 0.25) is 0 Å². The second-order valence-electron chi connectivity index (χ2n) is 4.31. The van der Waals surface area contributed by atoms with Crippen molar-refractivity contribution in [1.82, 2.24) is 15.2 Å². The number of benzene rings is 1. The third-order valence-electron chi connectivity index (χ3n) is 3.05. The summed E-state index contributed by atoms with van der Waals surface area (Å²) in [6.45, 7) is 1.72. The molecule has 2 heterocycles. The number of H-pyrrole nitrogens is 1. The molecule has 0 saturated heterocycles. The lowest BCUT2D eigenvalue weighted by molar-refractivity contribution is 0.0688. The smallest absolute Gasteiger partial charge is 0.356 e. The molecule has 0 unspecified atom stereocenters. The summed E-state index contributed by atoms with van der Waals surface area (Å²) in [5, 5.41) is 17.8. The van der Waals surface area contributed by atoms with Crippen LogP contribution in [0.3, 0.4) is 0 Å². The highest BCUT2D eigenvalue weighted by Crippen LogP contribution is 2.27. The molecule has 2 aromatic heterocycles. The van der Waals surface area contributed by atoms with Gasteiger partial charge >= 0.3 is 5.97 Å². The van der Waals surface area contributed by atoms with Crippen LogP contribution in [0.1, 0.15) is 16.1 Å². The fourth-order valence-electron chi connectivity index (χ4n) is 2.11. The fraction of sp³-hybridized carbons (Fsp3) is 0.0714. The van der Waals surface area contributed by atoms with E-state index in [9.17, 15) is 4.79 Å². The van der Waals surface area contributed by atoms with Gasteiger partial charge in [0.1, 0.15) is 0 Å². The van der Waals surface area contributed by atoms with Crippen molar-refractivity contribution in [2.24, 2.45) is 0 Å². The van der Waals surface area contributed by atoms with Crippen molar-refractivity contribution in [1.29, 1.82) is 0 Å². The number of aromatic amines is 1. The second kappa shape index (κ2) is 4.20. The highest BCUT2D eigenvalue weighted by Gasteiger charge is 2.13. The number of aryl methyl sites for hydroxylation is 1. The Balaban J connectivity index is 2.17. The van der Waals surface area contributed by atoms with Gasteiger partial charge in [0.2, 0.25) is 0 Å². The Morgan fingerprint density at radius 2 is 2.05 bits per heavy atom. The van der Waals surface area contributed by atoms with E-state index in [2.05, 4.69) is 15.2 Å². The SMILES string of the molecule is Cc1cc(-c2c[nH]c3ccccc23)nnc1C(=O)O. The van der Waals surface area contributed by atoms with Gasteiger partial charge in [0.05, 0.1) is 5.69 Å². The Labute approximate surface area is 108 Å². The molecule has 5 nitrogen and oxygen atoms in total. The molecule has 2 N–H and O–H groups in total. The van der Waals surface area contributed by atoms with Gasteiger partial charge in [-0.3, -0.25) is 0 Å². The van der Waals surface area contributed by atoms with Gasteiger partial charge in [-0.1, -0.05) is 18.2 Å². The maximum absolute atomic E-state index is 10.9. The zero-order chi connectivity index (χ0) is 13.4. The number of carbonyl (C=O) groups is 1. The molecule has 0 atom stereocenters. The molecule has 0 aliphatic rings. The molecule has 0 amide bonds. The van der Waals surface area contributed by atoms with Gasteiger partial charge in [0.15, 0.2) is 5.69 Å². The molecule has 0 spiro atoms. The number of nitrogens with zero attached hydrogens (tertiary/aromatic N) is 2. The normalized spacial score (nSPS) is 10.8. The minimum atomic E-state index is -1.06. The number of aromatic nitrogens is 3. The highest BCUT2D eigenvalue weighted by atomic mass is 16.4. The molecule has 3 aromatic rings. The van der Waals surface area contributed by atoms with Gasteiger partial charge in [-0.05, 0) is 24.6 Å². The number of carboxylic acid groups (broad SMARTS) is 1. The number of hydrogen-bond donors (Lipinski definition) is 2. The molecule has 0 radical (unpaired) electrons. The van der Waals surface area contributed by atoms with Crippen molar-refractivity contribution in [3.63, 3.8) is 0 Å². The van der Waals surface area contributed by atoms with Crippen molar-refractivity contribution < 1.29 is 9.90 Å². The van der Waals surface area contributed by atoms with E-state index in [0.29, 0.717) is 11.3 Å². The second-order valence-corrected chi connectivity index (χ2v) is 4.31. The topological polar surface area (TPSA) is 78.9 Å². The van der Waals surface area contributed by atoms with E-state index in [1.807, 2.05) is 30.5 Å². The summed E-state index contributed by atoms with van der Waals surface area (Å²) in [5.41, 5.74) is 3.19. The molecule has 94 valence electrons. The Hall–Kier alpha value is -2.69. The van der Waals surface area contributed by atoms with Crippen LogP contribution in [0.4, 0.5) is 0 Å². The first-order chi connectivity index (χ1) is 9.16. The molecule has 19 heavy (non-hydrogen) atoms. The monoisotopic (exact) mass is 253 g/mol. The van der Waals surface area contributed by atoms with E-state index in [1.165, 1.54) is 0 Å². The van der Waals surface area contributed by atoms with Crippen LogP contribution in [0.5, 0.6) is 0 Å². The van der Waals surface area contributed by atoms with Gasteiger partial charge in [-0.2, -0.15) is 0 Å². The lowest BCUT2D eigenvalue weighted by Gasteiger charge is -2.02. The Bertz CT molecular complexity index is 777. The van der Waals surface area contributed by atoms with Crippen LogP contribution < -0.4 is 0 Å². The van der Waals surface area contributed by atoms with Crippen molar-refractivity contribution in [3.8, 4) is 11.3 Å². The first-order valence-corrected chi connectivity index (χ1v) is 5.81. The average molecular weight is 253 g/mol. The van der Waals surface area contributed by atoms with Crippen molar-refractivity contribution in [2.45, 2.75) is 6.92 Å². The van der Waals surface area contributed by atoms with Crippen LogP contribution in [0, 0.1) is 6.92 Å². The number of rotatable bonds is 2. The molecule has 1 aromatic carbocycles. The Kier molecular flexibility index (Phi) is 2.52. The zero-order valence-electron chi connectivity index (χ0n) is 10.2. The number of aromatic carboxylic acids is 1. The minimum absolute atomic E-state index is 0.0106. The molecule has 5 heteroatoms. The molecule has 0 fully saturated rings. The largest absolute Gasteiger partial charge is 0.476 e. The maximum Gasteiger partial charge on any atom is 0.356 e. The van der Waals surface area contributed by atoms with E-state index in [4.69, 9.17) is 5.11 Å². The lowest BCUT2D eigenvalue weighted by atomic mass is 10.1. The average Bonchev–Trinajstić information content (AvgIpc) is 2.82. The van der Waals surface area contributed by atoms with Crippen LogP contribution in [-0.2, 0) is 0 Å². The van der Waals surface area contributed by atoms with Gasteiger partial charge in [-0.25, -0.2) is 4.79 Å². The predicted octanol–water partition coefficient (Wildman–Crippen LogP) is 2.63. The van der Waals surface area contributed by atoms with E-state index in [0.717, 1.165) is 16.5 Å². The molecule has 3 rings (SSSR count). The molecule has 0 bridgehead atoms. The summed E-state index contributed by atoms with van der Waals surface area (Å²) in [6, 6.07) is 9.61. The number of fused-ring (bicyclic) bond motifs is 1. The molecule has 0 saturated carbocycles. The van der Waals surface area contributed by atoms with Gasteiger partial charge < -0.3 is 10.1 Å². The van der Waals surface area contributed by atoms with Crippen molar-refractivity contribution >= 4 is 16.9 Å². The number of para-hydroxylation sites is 1. The van der Waals surface area contributed by atoms with E-state index in [1.54, 1.807) is 13.0 Å². The quantitative estimate of drug-likeness (QED) is 0.735. The maximum atomic E-state index is 10.9. The first-order valence-electron chi connectivity index (χ1n) is 5.81. The number of carboxylic acids is 1. The van der Waals surface area contributed by atoms with Crippen molar-refractivity contribution in [2.75, 3.05) is 0 Å². The lowest BCUT2D eigenvalue weighted by Crippen LogP contribution is -2.05. The Morgan fingerprint density at radius 1 is 1.26 bits per heavy atom. The predicted molar refractivity (Wildman–Crippen MR) is 71.0 cm³/mol. The third kappa shape index (κ3) is 1.85. The van der Waals surface area contributed by atoms with E-state index < -0.39 is 5.97 Å². The minimum Gasteiger partial charge on any atom is -0.476 e. The summed E-state index contributed by atoms with van der Waals surface area (Å²) in [7, 11) is 0. The summed E-state index contributed by atoms with van der Waals surface area (Å²) < 4.78 is 0. The fourth-order valence-corrected chi connectivity index (χ4v) is 2.11. The summed E-state index contributed by atoms with van der Waals surface area (Å²) in [6.07, 6.45) is 1.86. The van der Waals surface area contributed by atoms with Crippen LogP contribution in [0.15, 0.2) is 36.5 Å². The van der Waals surface area contributed by atoms with Crippen LogP contribution >= 0.6 is 0 Å². The molecular weight excluding hydrogens is 242 g/mol. The molecular formula is C14H11N3O2. The van der Waals surface area contributed by atoms with Gasteiger partial charge in [-0.15, -0.1) is 10.2 Å². The van der Waals surface area contributed by atoms with Gasteiger partial charge in [0, 0.05) is 22.7 Å². The molecule has 0 aliphatic carbocycles.